The van der Waals surface area contributed by atoms with Crippen molar-refractivity contribution in [2.75, 3.05) is 12.4 Å². The molecule has 0 fully saturated rings. The van der Waals surface area contributed by atoms with E-state index in [4.69, 9.17) is 10.6 Å². The molecule has 1 unspecified atom stereocenters. The van der Waals surface area contributed by atoms with Crippen molar-refractivity contribution in [1.29, 1.82) is 0 Å². The number of carbonyl (C=O) groups excluding carboxylic acids is 1. The van der Waals surface area contributed by atoms with Gasteiger partial charge in [0.1, 0.15) is 5.75 Å². The van der Waals surface area contributed by atoms with Gasteiger partial charge in [-0.1, -0.05) is 42.1 Å². The standard InChI is InChI=1S/C20H23N5O2S/c1-3-27-17-11-9-16(10-12-17)18-23-24-20(25(18)21)28-14(2)19(26)22-13-15-7-5-4-6-8-15/h4-12,14H,3,13,21H2,1-2H3,(H,22,26). The Morgan fingerprint density at radius 2 is 1.89 bits per heavy atom. The molecule has 146 valence electrons. The maximum absolute atomic E-state index is 12.4. The number of nitrogens with two attached hydrogens (primary N) is 1. The van der Waals surface area contributed by atoms with Crippen molar-refractivity contribution < 1.29 is 9.53 Å². The summed E-state index contributed by atoms with van der Waals surface area (Å²) in [6, 6.07) is 17.2. The van der Waals surface area contributed by atoms with E-state index in [1.54, 1.807) is 0 Å². The van der Waals surface area contributed by atoms with E-state index in [0.717, 1.165) is 16.9 Å². The molecule has 3 aromatic rings. The number of nitrogens with zero attached hydrogens (tertiary/aromatic N) is 3. The van der Waals surface area contributed by atoms with Gasteiger partial charge in [0.2, 0.25) is 11.1 Å². The van der Waals surface area contributed by atoms with Crippen molar-refractivity contribution in [1.82, 2.24) is 20.2 Å². The molecule has 28 heavy (non-hydrogen) atoms. The monoisotopic (exact) mass is 397 g/mol. The summed E-state index contributed by atoms with van der Waals surface area (Å²) < 4.78 is 6.85. The van der Waals surface area contributed by atoms with Crippen molar-refractivity contribution in [2.24, 2.45) is 0 Å². The molecule has 0 bridgehead atoms. The van der Waals surface area contributed by atoms with Gasteiger partial charge in [-0.25, -0.2) is 4.68 Å². The van der Waals surface area contributed by atoms with E-state index in [0.29, 0.717) is 24.1 Å². The molecule has 0 radical (unpaired) electrons. The third kappa shape index (κ3) is 4.83. The number of rotatable bonds is 8. The highest BCUT2D eigenvalue weighted by atomic mass is 32.2. The fraction of sp³-hybridized carbons (Fsp3) is 0.250. The van der Waals surface area contributed by atoms with Crippen molar-refractivity contribution in [3.8, 4) is 17.1 Å². The van der Waals surface area contributed by atoms with Gasteiger partial charge in [0.15, 0.2) is 5.82 Å². The number of amides is 1. The number of hydrogen-bond acceptors (Lipinski definition) is 6. The summed E-state index contributed by atoms with van der Waals surface area (Å²) in [7, 11) is 0. The highest BCUT2D eigenvalue weighted by Crippen LogP contribution is 2.26. The number of aromatic nitrogens is 3. The Hall–Kier alpha value is -3.00. The largest absolute Gasteiger partial charge is 0.494 e. The Bertz CT molecular complexity index is 912. The normalized spacial score (nSPS) is 11.8. The van der Waals surface area contributed by atoms with Crippen LogP contribution in [-0.2, 0) is 11.3 Å². The summed E-state index contributed by atoms with van der Waals surface area (Å²) in [6.07, 6.45) is 0. The van der Waals surface area contributed by atoms with Gasteiger partial charge >= 0.3 is 0 Å². The lowest BCUT2D eigenvalue weighted by Gasteiger charge is -2.11. The SMILES string of the molecule is CCOc1ccc(-c2nnc(SC(C)C(=O)NCc3ccccc3)n2N)cc1. The molecular formula is C20H23N5O2S. The van der Waals surface area contributed by atoms with E-state index >= 15 is 0 Å². The number of benzene rings is 2. The van der Waals surface area contributed by atoms with Crippen LogP contribution in [-0.4, -0.2) is 32.6 Å². The highest BCUT2D eigenvalue weighted by Gasteiger charge is 2.19. The molecule has 7 nitrogen and oxygen atoms in total. The average Bonchev–Trinajstić information content (AvgIpc) is 3.08. The number of hydrogen-bond donors (Lipinski definition) is 2. The molecular weight excluding hydrogens is 374 g/mol. The second-order valence-corrected chi connectivity index (χ2v) is 7.41. The molecule has 0 spiro atoms. The maximum Gasteiger partial charge on any atom is 0.233 e. The molecule has 2 aromatic carbocycles. The summed E-state index contributed by atoms with van der Waals surface area (Å²) in [5, 5.41) is 11.3. The first-order valence-corrected chi connectivity index (χ1v) is 9.88. The Labute approximate surface area is 168 Å². The highest BCUT2D eigenvalue weighted by molar-refractivity contribution is 8.00. The summed E-state index contributed by atoms with van der Waals surface area (Å²) >= 11 is 1.27. The summed E-state index contributed by atoms with van der Waals surface area (Å²) in [5.41, 5.74) is 1.87. The first-order chi connectivity index (χ1) is 13.6. The van der Waals surface area contributed by atoms with Gasteiger partial charge in [0.25, 0.3) is 0 Å². The van der Waals surface area contributed by atoms with E-state index in [1.807, 2.05) is 68.4 Å². The summed E-state index contributed by atoms with van der Waals surface area (Å²) in [6.45, 7) is 4.84. The number of carbonyl (C=O) groups is 1. The number of nitrogen functional groups attached to an aromatic ring is 1. The van der Waals surface area contributed by atoms with Crippen molar-refractivity contribution in [3.63, 3.8) is 0 Å². The Morgan fingerprint density at radius 1 is 1.18 bits per heavy atom. The molecule has 1 atom stereocenters. The molecule has 1 amide bonds. The minimum absolute atomic E-state index is 0.0838. The van der Waals surface area contributed by atoms with Crippen LogP contribution in [0.25, 0.3) is 11.4 Å². The van der Waals surface area contributed by atoms with Crippen LogP contribution in [0.1, 0.15) is 19.4 Å². The van der Waals surface area contributed by atoms with Gasteiger partial charge in [-0.15, -0.1) is 10.2 Å². The van der Waals surface area contributed by atoms with Crippen molar-refractivity contribution in [3.05, 3.63) is 60.2 Å². The number of ether oxygens (including phenoxy) is 1. The zero-order chi connectivity index (χ0) is 19.9. The summed E-state index contributed by atoms with van der Waals surface area (Å²) in [4.78, 5) is 12.4. The third-order valence-electron chi connectivity index (χ3n) is 4.05. The molecule has 0 aliphatic heterocycles. The Kier molecular flexibility index (Phi) is 6.54. The van der Waals surface area contributed by atoms with Gasteiger partial charge in [-0.05, 0) is 43.7 Å². The smallest absolute Gasteiger partial charge is 0.233 e. The predicted octanol–water partition coefficient (Wildman–Crippen LogP) is 2.85. The lowest BCUT2D eigenvalue weighted by molar-refractivity contribution is -0.120. The van der Waals surface area contributed by atoms with Gasteiger partial charge in [-0.3, -0.25) is 4.79 Å². The number of nitrogens with one attached hydrogen (secondary N) is 1. The lowest BCUT2D eigenvalue weighted by atomic mass is 10.2. The fourth-order valence-electron chi connectivity index (χ4n) is 2.56. The maximum atomic E-state index is 12.4. The summed E-state index contributed by atoms with van der Waals surface area (Å²) in [5.74, 6) is 7.38. The van der Waals surface area contributed by atoms with Crippen molar-refractivity contribution >= 4 is 17.7 Å². The molecule has 3 N–H and O–H groups in total. The van der Waals surface area contributed by atoms with E-state index in [9.17, 15) is 4.79 Å². The number of thioether (sulfide) groups is 1. The van der Waals surface area contributed by atoms with Gasteiger partial charge in [0.05, 0.1) is 11.9 Å². The second-order valence-electron chi connectivity index (χ2n) is 6.10. The van der Waals surface area contributed by atoms with Crippen LogP contribution in [0.5, 0.6) is 5.75 Å². The zero-order valence-electron chi connectivity index (χ0n) is 15.8. The molecule has 0 aliphatic rings. The van der Waals surface area contributed by atoms with Crippen LogP contribution in [0, 0.1) is 0 Å². The first kappa shape index (κ1) is 19.8. The molecule has 3 rings (SSSR count). The van der Waals surface area contributed by atoms with E-state index in [-0.39, 0.29) is 11.2 Å². The average molecular weight is 398 g/mol. The first-order valence-electron chi connectivity index (χ1n) is 9.00. The van der Waals surface area contributed by atoms with Crippen LogP contribution in [0.4, 0.5) is 0 Å². The van der Waals surface area contributed by atoms with Crippen LogP contribution < -0.4 is 15.9 Å². The van der Waals surface area contributed by atoms with Crippen LogP contribution in [0.15, 0.2) is 59.8 Å². The Morgan fingerprint density at radius 3 is 2.57 bits per heavy atom. The minimum Gasteiger partial charge on any atom is -0.494 e. The third-order valence-corrected chi connectivity index (χ3v) is 5.11. The molecule has 1 heterocycles. The van der Waals surface area contributed by atoms with Gasteiger partial charge in [0, 0.05) is 12.1 Å². The quantitative estimate of drug-likeness (QED) is 0.448. The molecule has 8 heteroatoms. The lowest BCUT2D eigenvalue weighted by Crippen LogP contribution is -2.30. The zero-order valence-corrected chi connectivity index (χ0v) is 16.6. The second kappa shape index (κ2) is 9.27. The minimum atomic E-state index is -0.358. The van der Waals surface area contributed by atoms with Crippen LogP contribution >= 0.6 is 11.8 Å². The van der Waals surface area contributed by atoms with Crippen LogP contribution in [0.3, 0.4) is 0 Å². The van der Waals surface area contributed by atoms with E-state index < -0.39 is 0 Å². The van der Waals surface area contributed by atoms with Crippen molar-refractivity contribution in [2.45, 2.75) is 30.8 Å². The Balaban J connectivity index is 1.62. The predicted molar refractivity (Wildman–Crippen MR) is 110 cm³/mol. The van der Waals surface area contributed by atoms with E-state index in [1.165, 1.54) is 16.4 Å². The fourth-order valence-corrected chi connectivity index (χ4v) is 3.36. The molecule has 0 aliphatic carbocycles. The topological polar surface area (TPSA) is 95.1 Å². The van der Waals surface area contributed by atoms with Gasteiger partial charge < -0.3 is 15.9 Å². The molecule has 0 saturated heterocycles. The molecule has 0 saturated carbocycles. The molecule has 1 aromatic heterocycles. The van der Waals surface area contributed by atoms with E-state index in [2.05, 4.69) is 15.5 Å². The van der Waals surface area contributed by atoms with Crippen LogP contribution in [0.2, 0.25) is 0 Å². The van der Waals surface area contributed by atoms with Gasteiger partial charge in [-0.2, -0.15) is 0 Å².